The van der Waals surface area contributed by atoms with E-state index >= 15 is 0 Å². The maximum atomic E-state index is 13.1. The molecule has 1 aromatic rings. The van der Waals surface area contributed by atoms with Crippen molar-refractivity contribution in [3.8, 4) is 0 Å². The largest absolute Gasteiger partial charge is 0.469 e. The van der Waals surface area contributed by atoms with Crippen molar-refractivity contribution >= 4 is 29.1 Å². The fraction of sp³-hybridized carbons (Fsp3) is 0.650. The highest BCUT2D eigenvalue weighted by Crippen LogP contribution is 2.40. The molecule has 2 unspecified atom stereocenters. The monoisotopic (exact) mass is 392 g/mol. The normalized spacial score (nSPS) is 22.8. The van der Waals surface area contributed by atoms with Crippen LogP contribution in [0.5, 0.6) is 0 Å². The zero-order valence-electron chi connectivity index (χ0n) is 16.5. The Bertz CT molecular complexity index is 750. The zero-order valence-corrected chi connectivity index (χ0v) is 17.3. The highest BCUT2D eigenvalue weighted by molar-refractivity contribution is 7.14. The summed E-state index contributed by atoms with van der Waals surface area (Å²) < 4.78 is 4.69. The molecule has 1 fully saturated rings. The first-order valence-corrected chi connectivity index (χ1v) is 10.3. The van der Waals surface area contributed by atoms with Gasteiger partial charge in [0.25, 0.3) is 5.91 Å². The van der Waals surface area contributed by atoms with Crippen molar-refractivity contribution in [2.45, 2.75) is 52.5 Å². The number of hydrogen-bond acceptors (Lipinski definition) is 5. The van der Waals surface area contributed by atoms with Gasteiger partial charge in [0.15, 0.2) is 0 Å². The fourth-order valence-corrected chi connectivity index (χ4v) is 5.08. The summed E-state index contributed by atoms with van der Waals surface area (Å²) in [6.45, 7) is 7.61. The van der Waals surface area contributed by atoms with Crippen molar-refractivity contribution in [1.82, 2.24) is 10.2 Å². The van der Waals surface area contributed by atoms with Gasteiger partial charge in [-0.25, -0.2) is 0 Å². The van der Waals surface area contributed by atoms with Gasteiger partial charge in [-0.3, -0.25) is 14.4 Å². The van der Waals surface area contributed by atoms with Crippen LogP contribution in [0.1, 0.15) is 53.7 Å². The number of rotatable bonds is 3. The van der Waals surface area contributed by atoms with E-state index in [9.17, 15) is 14.4 Å². The summed E-state index contributed by atoms with van der Waals surface area (Å²) in [5, 5.41) is 2.73. The third kappa shape index (κ3) is 4.18. The third-order valence-electron chi connectivity index (χ3n) is 5.70. The smallest absolute Gasteiger partial charge is 0.308 e. The van der Waals surface area contributed by atoms with E-state index < -0.39 is 12.0 Å². The Morgan fingerprint density at radius 1 is 1.37 bits per heavy atom. The van der Waals surface area contributed by atoms with Crippen LogP contribution in [0.4, 0.5) is 0 Å². The van der Waals surface area contributed by atoms with Crippen LogP contribution < -0.4 is 5.32 Å². The number of nitrogens with zero attached hydrogens (tertiary/aromatic N) is 1. The molecule has 0 bridgehead atoms. The average molecular weight is 393 g/mol. The molecule has 0 aromatic carbocycles. The molecular formula is C20H28N2O4S. The number of thiophene rings is 1. The highest BCUT2D eigenvalue weighted by atomic mass is 32.1. The van der Waals surface area contributed by atoms with Crippen LogP contribution in [-0.2, 0) is 27.2 Å². The van der Waals surface area contributed by atoms with Gasteiger partial charge < -0.3 is 15.0 Å². The van der Waals surface area contributed by atoms with E-state index in [0.29, 0.717) is 23.9 Å². The molecule has 1 N–H and O–H groups in total. The predicted octanol–water partition coefficient (Wildman–Crippen LogP) is 2.40. The molecule has 1 saturated heterocycles. The van der Waals surface area contributed by atoms with Crippen LogP contribution in [-0.4, -0.2) is 48.9 Å². The van der Waals surface area contributed by atoms with Crippen molar-refractivity contribution < 1.29 is 19.1 Å². The number of fused-ring (bicyclic) bond motifs is 1. The molecule has 0 saturated carbocycles. The van der Waals surface area contributed by atoms with Gasteiger partial charge in [-0.2, -0.15) is 0 Å². The van der Waals surface area contributed by atoms with Gasteiger partial charge in [-0.05, 0) is 42.2 Å². The molecule has 2 amide bonds. The predicted molar refractivity (Wildman–Crippen MR) is 104 cm³/mol. The third-order valence-corrected chi connectivity index (χ3v) is 6.92. The molecule has 2 atom stereocenters. The van der Waals surface area contributed by atoms with E-state index in [2.05, 4.69) is 26.1 Å². The molecule has 0 radical (unpaired) electrons. The van der Waals surface area contributed by atoms with E-state index in [1.54, 1.807) is 0 Å². The van der Waals surface area contributed by atoms with Crippen LogP contribution in [0.3, 0.4) is 0 Å². The Balaban J connectivity index is 1.80. The molecule has 148 valence electrons. The van der Waals surface area contributed by atoms with Crippen LogP contribution in [0.2, 0.25) is 0 Å². The summed E-state index contributed by atoms with van der Waals surface area (Å²) >= 11 is 1.54. The van der Waals surface area contributed by atoms with E-state index in [4.69, 9.17) is 4.74 Å². The van der Waals surface area contributed by atoms with Gasteiger partial charge >= 0.3 is 5.97 Å². The van der Waals surface area contributed by atoms with E-state index in [1.165, 1.54) is 33.8 Å². The Kier molecular flexibility index (Phi) is 5.60. The second kappa shape index (κ2) is 7.62. The van der Waals surface area contributed by atoms with E-state index in [1.807, 2.05) is 6.07 Å². The van der Waals surface area contributed by atoms with Gasteiger partial charge in [0.05, 0.1) is 18.4 Å². The number of hydrogen-bond donors (Lipinski definition) is 1. The lowest BCUT2D eigenvalue weighted by atomic mass is 9.72. The maximum absolute atomic E-state index is 13.1. The standard InChI is InChI=1S/C20H28N2O4S/c1-20(2,3)13-5-6-15-12(9-13)10-16(27-15)19(25)22-8-7-21-18(24)14(22)11-17(23)26-4/h10,13-14H,5-9,11H2,1-4H3,(H,21,24). The topological polar surface area (TPSA) is 75.7 Å². The number of amides is 2. The number of methoxy groups -OCH3 is 1. The SMILES string of the molecule is COC(=O)CC1C(=O)NCCN1C(=O)c1cc2c(s1)CCC(C(C)(C)C)C2. The average Bonchev–Trinajstić information content (AvgIpc) is 3.05. The lowest BCUT2D eigenvalue weighted by Crippen LogP contribution is -2.57. The molecule has 3 rings (SSSR count). The van der Waals surface area contributed by atoms with Crippen molar-refractivity contribution in [1.29, 1.82) is 0 Å². The molecule has 1 aromatic heterocycles. The number of ether oxygens (including phenoxy) is 1. The number of carbonyl (C=O) groups excluding carboxylic acids is 3. The summed E-state index contributed by atoms with van der Waals surface area (Å²) in [6, 6.07) is 1.20. The summed E-state index contributed by atoms with van der Waals surface area (Å²) in [4.78, 5) is 40.5. The van der Waals surface area contributed by atoms with Crippen LogP contribution in [0.25, 0.3) is 0 Å². The lowest BCUT2D eigenvalue weighted by Gasteiger charge is -2.34. The van der Waals surface area contributed by atoms with E-state index in [0.717, 1.165) is 19.3 Å². The minimum atomic E-state index is -0.805. The van der Waals surface area contributed by atoms with Crippen molar-refractivity contribution in [3.63, 3.8) is 0 Å². The Hall–Kier alpha value is -1.89. The minimum Gasteiger partial charge on any atom is -0.469 e. The Morgan fingerprint density at radius 2 is 2.11 bits per heavy atom. The van der Waals surface area contributed by atoms with Gasteiger partial charge in [0.2, 0.25) is 5.91 Å². The second-order valence-corrected chi connectivity index (χ2v) is 9.59. The number of nitrogens with one attached hydrogen (secondary N) is 1. The zero-order chi connectivity index (χ0) is 19.8. The molecule has 7 heteroatoms. The summed E-state index contributed by atoms with van der Waals surface area (Å²) in [6.07, 6.45) is 3.02. The number of esters is 1. The molecule has 2 heterocycles. The van der Waals surface area contributed by atoms with E-state index in [-0.39, 0.29) is 23.7 Å². The fourth-order valence-electron chi connectivity index (χ4n) is 3.91. The van der Waals surface area contributed by atoms with Crippen LogP contribution in [0, 0.1) is 11.3 Å². The minimum absolute atomic E-state index is 0.120. The quantitative estimate of drug-likeness (QED) is 0.802. The first kappa shape index (κ1) is 19.9. The molecule has 1 aliphatic heterocycles. The van der Waals surface area contributed by atoms with Gasteiger partial charge in [-0.15, -0.1) is 11.3 Å². The molecular weight excluding hydrogens is 364 g/mol. The van der Waals surface area contributed by atoms with Crippen LogP contribution in [0.15, 0.2) is 6.07 Å². The number of piperazine rings is 1. The van der Waals surface area contributed by atoms with Crippen molar-refractivity contribution in [3.05, 3.63) is 21.4 Å². The molecule has 0 spiro atoms. The van der Waals surface area contributed by atoms with Gasteiger partial charge in [0.1, 0.15) is 6.04 Å². The van der Waals surface area contributed by atoms with Crippen molar-refractivity contribution in [2.24, 2.45) is 11.3 Å². The Morgan fingerprint density at radius 3 is 2.78 bits per heavy atom. The summed E-state index contributed by atoms with van der Waals surface area (Å²) in [5.74, 6) is -0.344. The summed E-state index contributed by atoms with van der Waals surface area (Å²) in [5.41, 5.74) is 1.51. The van der Waals surface area contributed by atoms with Crippen molar-refractivity contribution in [2.75, 3.05) is 20.2 Å². The van der Waals surface area contributed by atoms with Gasteiger partial charge in [0, 0.05) is 18.0 Å². The molecule has 2 aliphatic rings. The first-order chi connectivity index (χ1) is 12.7. The second-order valence-electron chi connectivity index (χ2n) is 8.45. The summed E-state index contributed by atoms with van der Waals surface area (Å²) in [7, 11) is 1.29. The maximum Gasteiger partial charge on any atom is 0.308 e. The number of aryl methyl sites for hydroxylation is 1. The number of carbonyl (C=O) groups is 3. The molecule has 6 nitrogen and oxygen atoms in total. The lowest BCUT2D eigenvalue weighted by molar-refractivity contribution is -0.145. The molecule has 27 heavy (non-hydrogen) atoms. The van der Waals surface area contributed by atoms with Crippen LogP contribution >= 0.6 is 11.3 Å². The van der Waals surface area contributed by atoms with Gasteiger partial charge in [-0.1, -0.05) is 20.8 Å². The Labute approximate surface area is 164 Å². The highest BCUT2D eigenvalue weighted by Gasteiger charge is 2.37. The first-order valence-electron chi connectivity index (χ1n) is 9.47. The molecule has 1 aliphatic carbocycles.